The summed E-state index contributed by atoms with van der Waals surface area (Å²) in [5, 5.41) is 3.91. The number of nitrogens with zero attached hydrogens (tertiary/aromatic N) is 2. The van der Waals surface area contributed by atoms with Crippen LogP contribution in [0.5, 0.6) is 5.75 Å². The summed E-state index contributed by atoms with van der Waals surface area (Å²) in [6.45, 7) is 6.04. The maximum absolute atomic E-state index is 12.4. The van der Waals surface area contributed by atoms with E-state index in [0.29, 0.717) is 12.2 Å². The van der Waals surface area contributed by atoms with Gasteiger partial charge in [0.15, 0.2) is 0 Å². The fraction of sp³-hybridized carbons (Fsp3) is 0.300. The van der Waals surface area contributed by atoms with Crippen molar-refractivity contribution in [3.8, 4) is 21.9 Å². The lowest BCUT2D eigenvalue weighted by atomic mass is 10.1. The number of methoxy groups -OCH3 is 1. The summed E-state index contributed by atoms with van der Waals surface area (Å²) in [6.07, 6.45) is 3.72. The number of hydrogen-bond acceptors (Lipinski definition) is 6. The number of imidazole rings is 1. The molecule has 0 bridgehead atoms. The fourth-order valence-electron chi connectivity index (χ4n) is 3.00. The lowest BCUT2D eigenvalue weighted by Gasteiger charge is -2.11. The predicted molar refractivity (Wildman–Crippen MR) is 108 cm³/mol. The van der Waals surface area contributed by atoms with E-state index in [1.807, 2.05) is 49.9 Å². The molecule has 0 saturated carbocycles. The molecule has 0 atom stereocenters. The Morgan fingerprint density at radius 1 is 1.33 bits per heavy atom. The van der Waals surface area contributed by atoms with Gasteiger partial charge in [0, 0.05) is 18.1 Å². The largest absolute Gasteiger partial charge is 0.495 e. The normalized spacial score (nSPS) is 10.7. The number of esters is 1. The Kier molecular flexibility index (Phi) is 5.51. The Morgan fingerprint density at radius 2 is 2.11 bits per heavy atom. The van der Waals surface area contributed by atoms with Crippen molar-refractivity contribution < 1.29 is 14.3 Å². The first-order valence-electron chi connectivity index (χ1n) is 8.67. The van der Waals surface area contributed by atoms with Crippen molar-refractivity contribution in [2.75, 3.05) is 26.1 Å². The average molecular weight is 385 g/mol. The molecule has 0 spiro atoms. The summed E-state index contributed by atoms with van der Waals surface area (Å²) in [5.74, 6) is 0.431. The lowest BCUT2D eigenvalue weighted by molar-refractivity contribution is 0.0527. The van der Waals surface area contributed by atoms with Crippen LogP contribution in [0.1, 0.15) is 28.5 Å². The van der Waals surface area contributed by atoms with Gasteiger partial charge in [-0.15, -0.1) is 11.3 Å². The van der Waals surface area contributed by atoms with E-state index in [4.69, 9.17) is 9.47 Å². The Bertz CT molecular complexity index is 975. The van der Waals surface area contributed by atoms with Gasteiger partial charge in [0.2, 0.25) is 0 Å². The van der Waals surface area contributed by atoms with Crippen molar-refractivity contribution >= 4 is 22.3 Å². The molecule has 3 rings (SSSR count). The van der Waals surface area contributed by atoms with Crippen molar-refractivity contribution in [2.45, 2.75) is 20.8 Å². The second kappa shape index (κ2) is 7.84. The van der Waals surface area contributed by atoms with Crippen molar-refractivity contribution in [1.29, 1.82) is 0 Å². The zero-order valence-corrected chi connectivity index (χ0v) is 16.9. The van der Waals surface area contributed by atoms with Gasteiger partial charge < -0.3 is 19.4 Å². The minimum atomic E-state index is -0.306. The first-order valence-corrected chi connectivity index (χ1v) is 9.49. The number of rotatable bonds is 6. The number of carbonyl (C=O) groups is 1. The number of aromatic nitrogens is 2. The molecule has 2 aromatic heterocycles. The predicted octanol–water partition coefficient (Wildman–Crippen LogP) is 4.44. The molecule has 0 aliphatic rings. The number of hydrogen-bond donors (Lipinski definition) is 1. The fourth-order valence-corrected chi connectivity index (χ4v) is 4.14. The maximum atomic E-state index is 12.4. The van der Waals surface area contributed by atoms with Crippen LogP contribution in [0.15, 0.2) is 30.7 Å². The molecule has 0 radical (unpaired) electrons. The summed E-state index contributed by atoms with van der Waals surface area (Å²) in [4.78, 5) is 17.6. The van der Waals surface area contributed by atoms with Crippen molar-refractivity contribution in [2.24, 2.45) is 0 Å². The van der Waals surface area contributed by atoms with E-state index >= 15 is 0 Å². The summed E-state index contributed by atoms with van der Waals surface area (Å²) in [5.41, 5.74) is 4.33. The molecule has 0 fully saturated rings. The smallest absolute Gasteiger partial charge is 0.341 e. The van der Waals surface area contributed by atoms with E-state index in [-0.39, 0.29) is 5.97 Å². The van der Waals surface area contributed by atoms with Gasteiger partial charge in [-0.3, -0.25) is 0 Å². The van der Waals surface area contributed by atoms with Gasteiger partial charge >= 0.3 is 5.97 Å². The molecule has 142 valence electrons. The molecule has 0 aliphatic heterocycles. The van der Waals surface area contributed by atoms with Gasteiger partial charge in [0.05, 0.1) is 37.0 Å². The molecule has 27 heavy (non-hydrogen) atoms. The van der Waals surface area contributed by atoms with Crippen LogP contribution >= 0.6 is 11.3 Å². The zero-order chi connectivity index (χ0) is 19.6. The van der Waals surface area contributed by atoms with E-state index in [2.05, 4.69) is 10.3 Å². The second-order valence-electron chi connectivity index (χ2n) is 6.04. The van der Waals surface area contributed by atoms with Gasteiger partial charge in [-0.25, -0.2) is 9.78 Å². The van der Waals surface area contributed by atoms with Crippen LogP contribution in [0.4, 0.5) is 5.00 Å². The van der Waals surface area contributed by atoms with Crippen molar-refractivity contribution in [3.05, 3.63) is 47.5 Å². The number of carbonyl (C=O) groups excluding carboxylic acids is 1. The summed E-state index contributed by atoms with van der Waals surface area (Å²) in [7, 11) is 3.46. The Labute approximate surface area is 162 Å². The minimum absolute atomic E-state index is 0.306. The number of thiophene rings is 1. The standard InChI is InChI=1S/C20H23N3O3S/c1-6-26-20(24)17-13(3)18(27-19(17)21-4)14-7-8-15(16(9-14)25-5)23-10-12(2)22-11-23/h7-11,21H,6H2,1-5H3. The molecule has 1 N–H and O–H groups in total. The van der Waals surface area contributed by atoms with Crippen LogP contribution in [0.3, 0.4) is 0 Å². The van der Waals surface area contributed by atoms with Crippen LogP contribution in [0.25, 0.3) is 16.1 Å². The number of benzene rings is 1. The molecule has 0 unspecified atom stereocenters. The van der Waals surface area contributed by atoms with Crippen molar-refractivity contribution in [3.63, 3.8) is 0 Å². The third-order valence-electron chi connectivity index (χ3n) is 4.29. The monoisotopic (exact) mass is 385 g/mol. The number of aryl methyl sites for hydroxylation is 1. The van der Waals surface area contributed by atoms with E-state index in [1.165, 1.54) is 11.3 Å². The highest BCUT2D eigenvalue weighted by molar-refractivity contribution is 7.20. The van der Waals surface area contributed by atoms with E-state index < -0.39 is 0 Å². The molecular weight excluding hydrogens is 362 g/mol. The molecule has 3 aromatic rings. The minimum Gasteiger partial charge on any atom is -0.495 e. The highest BCUT2D eigenvalue weighted by atomic mass is 32.1. The zero-order valence-electron chi connectivity index (χ0n) is 16.1. The lowest BCUT2D eigenvalue weighted by Crippen LogP contribution is -2.07. The molecule has 7 heteroatoms. The Balaban J connectivity index is 2.08. The molecule has 0 aliphatic carbocycles. The highest BCUT2D eigenvalue weighted by Crippen LogP contribution is 2.41. The van der Waals surface area contributed by atoms with Gasteiger partial charge in [-0.2, -0.15) is 0 Å². The topological polar surface area (TPSA) is 65.4 Å². The molecule has 0 amide bonds. The van der Waals surface area contributed by atoms with E-state index in [1.54, 1.807) is 20.4 Å². The summed E-state index contributed by atoms with van der Waals surface area (Å²) in [6, 6.07) is 6.01. The summed E-state index contributed by atoms with van der Waals surface area (Å²) < 4.78 is 12.8. The molecule has 1 aromatic carbocycles. The molecule has 6 nitrogen and oxygen atoms in total. The highest BCUT2D eigenvalue weighted by Gasteiger charge is 2.23. The number of anilines is 1. The Hall–Kier alpha value is -2.80. The number of nitrogens with one attached hydrogen (secondary N) is 1. The first-order chi connectivity index (χ1) is 13.0. The van der Waals surface area contributed by atoms with Gasteiger partial charge in [-0.1, -0.05) is 6.07 Å². The van der Waals surface area contributed by atoms with Crippen LogP contribution in [0, 0.1) is 13.8 Å². The van der Waals surface area contributed by atoms with E-state index in [9.17, 15) is 4.79 Å². The van der Waals surface area contributed by atoms with Gasteiger partial charge in [-0.05, 0) is 44.0 Å². The van der Waals surface area contributed by atoms with Gasteiger partial charge in [0.25, 0.3) is 0 Å². The summed E-state index contributed by atoms with van der Waals surface area (Å²) >= 11 is 1.53. The van der Waals surface area contributed by atoms with E-state index in [0.717, 1.165) is 38.1 Å². The Morgan fingerprint density at radius 3 is 2.70 bits per heavy atom. The van der Waals surface area contributed by atoms with Crippen LogP contribution in [0.2, 0.25) is 0 Å². The third kappa shape index (κ3) is 3.55. The van der Waals surface area contributed by atoms with Crippen LogP contribution in [-0.2, 0) is 4.74 Å². The van der Waals surface area contributed by atoms with Crippen LogP contribution in [-0.4, -0.2) is 36.3 Å². The average Bonchev–Trinajstić information content (AvgIpc) is 3.24. The third-order valence-corrected chi connectivity index (χ3v) is 5.64. The second-order valence-corrected chi connectivity index (χ2v) is 7.06. The molecule has 2 heterocycles. The SMILES string of the molecule is CCOC(=O)c1c(NC)sc(-c2ccc(-n3cnc(C)c3)c(OC)c2)c1C. The first kappa shape index (κ1) is 19.0. The molecule has 0 saturated heterocycles. The van der Waals surface area contributed by atoms with Gasteiger partial charge in [0.1, 0.15) is 10.8 Å². The molecular formula is C20H23N3O3S. The quantitative estimate of drug-likeness (QED) is 0.635. The number of ether oxygens (including phenoxy) is 2. The van der Waals surface area contributed by atoms with Crippen LogP contribution < -0.4 is 10.1 Å². The maximum Gasteiger partial charge on any atom is 0.341 e. The van der Waals surface area contributed by atoms with Crippen molar-refractivity contribution in [1.82, 2.24) is 9.55 Å².